The van der Waals surface area contributed by atoms with E-state index < -0.39 is 35.8 Å². The van der Waals surface area contributed by atoms with E-state index in [-0.39, 0.29) is 53.0 Å². The van der Waals surface area contributed by atoms with Crippen molar-refractivity contribution in [1.29, 1.82) is 0 Å². The van der Waals surface area contributed by atoms with Gasteiger partial charge >= 0.3 is 5.97 Å². The maximum absolute atomic E-state index is 13.2. The van der Waals surface area contributed by atoms with E-state index in [1.165, 1.54) is 11.8 Å². The molecule has 2 aliphatic heterocycles. The summed E-state index contributed by atoms with van der Waals surface area (Å²) in [5, 5.41) is 18.4. The minimum absolute atomic E-state index is 0.00847. The topological polar surface area (TPSA) is 203 Å². The fourth-order valence-electron chi connectivity index (χ4n) is 4.78. The number of carboxylic acid groups (broad SMARTS) is 1. The van der Waals surface area contributed by atoms with Gasteiger partial charge in [0.15, 0.2) is 28.9 Å². The van der Waals surface area contributed by atoms with Gasteiger partial charge in [0.05, 0.1) is 5.75 Å². The molecular formula is C25H28N7O7S2+. The number of amides is 3. The van der Waals surface area contributed by atoms with Crippen molar-refractivity contribution < 1.29 is 38.4 Å². The number of anilines is 1. The number of oxime groups is 1. The van der Waals surface area contributed by atoms with Gasteiger partial charge in [0.25, 0.3) is 17.7 Å². The number of hydrogen-bond donors (Lipinski definition) is 4. The lowest BCUT2D eigenvalue weighted by molar-refractivity contribution is -0.684. The van der Waals surface area contributed by atoms with Crippen LogP contribution in [-0.4, -0.2) is 74.9 Å². The van der Waals surface area contributed by atoms with Crippen molar-refractivity contribution in [2.24, 2.45) is 10.9 Å². The van der Waals surface area contributed by atoms with Crippen molar-refractivity contribution in [3.05, 3.63) is 47.1 Å². The molecule has 0 radical (unpaired) electrons. The molecule has 1 aliphatic carbocycles. The average Bonchev–Trinajstić information content (AvgIpc) is 3.62. The second-order valence-corrected chi connectivity index (χ2v) is 11.5. The van der Waals surface area contributed by atoms with E-state index in [4.69, 9.17) is 21.0 Å². The first-order valence-corrected chi connectivity index (χ1v) is 14.7. The Morgan fingerprint density at radius 2 is 2.02 bits per heavy atom. The summed E-state index contributed by atoms with van der Waals surface area (Å²) >= 11 is 2.44. The van der Waals surface area contributed by atoms with Gasteiger partial charge in [-0.1, -0.05) is 5.16 Å². The van der Waals surface area contributed by atoms with Crippen LogP contribution in [0.5, 0.6) is 0 Å². The molecule has 3 aliphatic rings. The highest BCUT2D eigenvalue weighted by molar-refractivity contribution is 7.99. The molecule has 5 rings (SSSR count). The Kier molecular flexibility index (Phi) is 8.39. The first-order chi connectivity index (χ1) is 19.7. The Morgan fingerprint density at radius 3 is 2.66 bits per heavy atom. The molecule has 16 heteroatoms. The van der Waals surface area contributed by atoms with Gasteiger partial charge in [-0.15, -0.1) is 23.1 Å². The molecule has 2 aromatic heterocycles. The number of carboxylic acids is 1. The van der Waals surface area contributed by atoms with Crippen LogP contribution in [0.15, 0.2) is 51.4 Å². The zero-order valence-electron chi connectivity index (χ0n) is 21.7. The smallest absolute Gasteiger partial charge is 0.356 e. The first-order valence-electron chi connectivity index (χ1n) is 12.8. The van der Waals surface area contributed by atoms with Crippen LogP contribution < -0.4 is 21.4 Å². The van der Waals surface area contributed by atoms with Crippen LogP contribution >= 0.6 is 23.1 Å². The maximum Gasteiger partial charge on any atom is 0.356 e. The van der Waals surface area contributed by atoms with E-state index >= 15 is 0 Å². The molecule has 1 saturated carbocycles. The van der Waals surface area contributed by atoms with E-state index in [0.717, 1.165) is 46.8 Å². The third kappa shape index (κ3) is 6.27. The number of nitrogens with zero attached hydrogens (tertiary/aromatic N) is 4. The number of nitrogen functional groups attached to an aromatic ring is 1. The molecule has 4 heterocycles. The van der Waals surface area contributed by atoms with Gasteiger partial charge in [0.2, 0.25) is 6.54 Å². The quantitative estimate of drug-likeness (QED) is 0.0889. The number of ether oxygens (including phenoxy) is 1. The van der Waals surface area contributed by atoms with Crippen LogP contribution in [0.1, 0.15) is 31.4 Å². The molecule has 3 amide bonds. The number of carbonyl (C=O) groups excluding carboxylic acids is 3. The van der Waals surface area contributed by atoms with Crippen LogP contribution in [0.3, 0.4) is 0 Å². The van der Waals surface area contributed by atoms with Crippen molar-refractivity contribution in [2.45, 2.75) is 55.3 Å². The highest BCUT2D eigenvalue weighted by Gasteiger charge is 2.55. The molecule has 2 atom stereocenters. The predicted molar refractivity (Wildman–Crippen MR) is 146 cm³/mol. The van der Waals surface area contributed by atoms with E-state index in [1.54, 1.807) is 34.5 Å². The molecule has 0 aromatic carbocycles. The third-order valence-corrected chi connectivity index (χ3v) is 8.47. The molecule has 2 fully saturated rings. The SMILES string of the molecule is NC(=O)C[n+]1ccc(SCC2=C(C(=O)O)N3C(=O)C(NC(=O)C(=NOC4CCCC4)c4csc(N)n4)C3CO2)cc1. The molecule has 14 nitrogen and oxygen atoms in total. The number of β-lactam (4-membered cyclic amide) rings is 1. The number of primary amides is 1. The lowest BCUT2D eigenvalue weighted by Crippen LogP contribution is -2.73. The zero-order valence-corrected chi connectivity index (χ0v) is 23.4. The molecule has 0 spiro atoms. The molecule has 2 aromatic rings. The van der Waals surface area contributed by atoms with Crippen molar-refractivity contribution in [2.75, 3.05) is 18.1 Å². The fourth-order valence-corrected chi connectivity index (χ4v) is 6.16. The number of thiazole rings is 1. The monoisotopic (exact) mass is 602 g/mol. The number of aromatic nitrogens is 2. The van der Waals surface area contributed by atoms with E-state index in [9.17, 15) is 24.3 Å². The summed E-state index contributed by atoms with van der Waals surface area (Å²) in [4.78, 5) is 61.3. The molecule has 216 valence electrons. The summed E-state index contributed by atoms with van der Waals surface area (Å²) in [6.07, 6.45) is 6.95. The summed E-state index contributed by atoms with van der Waals surface area (Å²) in [5.74, 6) is -2.77. The van der Waals surface area contributed by atoms with E-state index in [2.05, 4.69) is 15.5 Å². The standard InChI is InChI=1S/C25H27N7O7S2/c26-18(33)9-31-7-5-14(6-8-31)40-12-17-21(24(36)37)32-16(10-38-17)20(23(32)35)29-22(34)19(15-11-41-25(27)28-15)30-39-13-3-1-2-4-13/h5-8,11,13,16,20H,1-4,9-10,12H2,(H5-,26,27,28,29,33,34,36,37)/p+1. The normalized spacial score (nSPS) is 20.7. The highest BCUT2D eigenvalue weighted by Crippen LogP contribution is 2.35. The van der Waals surface area contributed by atoms with Crippen molar-refractivity contribution in [1.82, 2.24) is 15.2 Å². The Balaban J connectivity index is 1.27. The second kappa shape index (κ2) is 12.1. The Morgan fingerprint density at radius 1 is 1.29 bits per heavy atom. The molecular weight excluding hydrogens is 574 g/mol. The molecule has 6 N–H and O–H groups in total. The number of thioether (sulfide) groups is 1. The summed E-state index contributed by atoms with van der Waals surface area (Å²) < 4.78 is 7.41. The van der Waals surface area contributed by atoms with Crippen molar-refractivity contribution >= 4 is 57.6 Å². The molecule has 41 heavy (non-hydrogen) atoms. The van der Waals surface area contributed by atoms with Crippen molar-refractivity contribution in [3.63, 3.8) is 0 Å². The molecule has 0 bridgehead atoms. The number of hydrogen-bond acceptors (Lipinski definition) is 11. The third-order valence-electron chi connectivity index (χ3n) is 6.79. The zero-order chi connectivity index (χ0) is 29.1. The van der Waals surface area contributed by atoms with Crippen molar-refractivity contribution in [3.8, 4) is 0 Å². The van der Waals surface area contributed by atoms with Crippen LogP contribution in [0.25, 0.3) is 0 Å². The number of carbonyl (C=O) groups is 4. The summed E-state index contributed by atoms with van der Waals surface area (Å²) in [5.41, 5.74) is 10.8. The van der Waals surface area contributed by atoms with E-state index in [0.29, 0.717) is 0 Å². The highest BCUT2D eigenvalue weighted by atomic mass is 32.2. The number of rotatable bonds is 11. The minimum Gasteiger partial charge on any atom is -0.492 e. The lowest BCUT2D eigenvalue weighted by atomic mass is 9.92. The number of pyridine rings is 1. The van der Waals surface area contributed by atoms with Gasteiger partial charge in [-0.2, -0.15) is 4.57 Å². The predicted octanol–water partition coefficient (Wildman–Crippen LogP) is -0.0243. The molecule has 2 unspecified atom stereocenters. The van der Waals surface area contributed by atoms with Gasteiger partial charge in [0, 0.05) is 22.4 Å². The largest absolute Gasteiger partial charge is 0.492 e. The fraction of sp³-hybridized carbons (Fsp3) is 0.400. The van der Waals surface area contributed by atoms with Crippen LogP contribution in [0, 0.1) is 0 Å². The molecule has 1 saturated heterocycles. The minimum atomic E-state index is -1.32. The van der Waals surface area contributed by atoms with Crippen LogP contribution in [-0.2, 0) is 35.3 Å². The summed E-state index contributed by atoms with van der Waals surface area (Å²) in [7, 11) is 0. The van der Waals surface area contributed by atoms with Crippen LogP contribution in [0.4, 0.5) is 5.13 Å². The number of nitrogens with two attached hydrogens (primary N) is 2. The van der Waals surface area contributed by atoms with Gasteiger partial charge < -0.3 is 31.5 Å². The Bertz CT molecular complexity index is 1420. The van der Waals surface area contributed by atoms with Gasteiger partial charge in [0.1, 0.15) is 36.2 Å². The summed E-state index contributed by atoms with van der Waals surface area (Å²) in [6, 6.07) is 1.78. The maximum atomic E-state index is 13.2. The number of nitrogens with one attached hydrogen (secondary N) is 1. The summed E-state index contributed by atoms with van der Waals surface area (Å²) in [6.45, 7) is 0.0305. The van der Waals surface area contributed by atoms with Gasteiger partial charge in [-0.05, 0) is 25.7 Å². The van der Waals surface area contributed by atoms with E-state index in [1.807, 2.05) is 0 Å². The van der Waals surface area contributed by atoms with Crippen LogP contribution in [0.2, 0.25) is 0 Å². The van der Waals surface area contributed by atoms with Gasteiger partial charge in [-0.25, -0.2) is 9.78 Å². The number of aliphatic carboxylic acids is 1. The first kappa shape index (κ1) is 28.4. The average molecular weight is 603 g/mol. The van der Waals surface area contributed by atoms with Gasteiger partial charge in [-0.3, -0.25) is 19.3 Å². The Labute approximate surface area is 242 Å². The second-order valence-electron chi connectivity index (χ2n) is 9.60. The Hall–Kier alpha value is -4.18. The number of fused-ring (bicyclic) bond motifs is 1. The lowest BCUT2D eigenvalue weighted by Gasteiger charge is -2.49.